The molecule has 3 rings (SSSR count). The summed E-state index contributed by atoms with van der Waals surface area (Å²) in [6.45, 7) is 2.80. The lowest BCUT2D eigenvalue weighted by Gasteiger charge is -2.17. The second kappa shape index (κ2) is 7.23. The Hall–Kier alpha value is -2.40. The number of likely N-dealkylation sites (tertiary alicyclic amines) is 1. The molecule has 4 nitrogen and oxygen atoms in total. The summed E-state index contributed by atoms with van der Waals surface area (Å²) in [6, 6.07) is 12.0. The zero-order valence-corrected chi connectivity index (χ0v) is 14.5. The van der Waals surface area contributed by atoms with Crippen molar-refractivity contribution in [1.82, 2.24) is 4.90 Å². The van der Waals surface area contributed by atoms with Gasteiger partial charge in [0, 0.05) is 24.5 Å². The maximum atomic E-state index is 13.8. The maximum absolute atomic E-state index is 13.8. The molecule has 0 spiro atoms. The number of carbonyl (C=O) groups is 2. The quantitative estimate of drug-likeness (QED) is 0.902. The molecule has 2 amide bonds. The predicted octanol–water partition coefficient (Wildman–Crippen LogP) is 3.77. The molecule has 0 radical (unpaired) electrons. The van der Waals surface area contributed by atoms with Crippen molar-refractivity contribution in [3.8, 4) is 0 Å². The molecule has 0 aliphatic carbocycles. The number of rotatable bonds is 4. The Morgan fingerprint density at radius 1 is 1.28 bits per heavy atom. The average molecular weight is 361 g/mol. The lowest BCUT2D eigenvalue weighted by Crippen LogP contribution is -2.28. The Kier molecular flexibility index (Phi) is 5.04. The van der Waals surface area contributed by atoms with Crippen LogP contribution in [0.3, 0.4) is 0 Å². The molecule has 130 valence electrons. The van der Waals surface area contributed by atoms with Gasteiger partial charge in [-0.2, -0.15) is 0 Å². The van der Waals surface area contributed by atoms with E-state index in [4.69, 9.17) is 11.6 Å². The number of aryl methyl sites for hydroxylation is 1. The van der Waals surface area contributed by atoms with Gasteiger partial charge in [0.25, 0.3) is 0 Å². The number of amides is 2. The van der Waals surface area contributed by atoms with Crippen molar-refractivity contribution in [1.29, 1.82) is 0 Å². The van der Waals surface area contributed by atoms with Crippen molar-refractivity contribution < 1.29 is 14.0 Å². The summed E-state index contributed by atoms with van der Waals surface area (Å²) in [5.41, 5.74) is 2.24. The van der Waals surface area contributed by atoms with Gasteiger partial charge in [-0.3, -0.25) is 9.59 Å². The lowest BCUT2D eigenvalue weighted by molar-refractivity contribution is -0.128. The molecule has 1 fully saturated rings. The minimum atomic E-state index is -0.596. The van der Waals surface area contributed by atoms with Crippen molar-refractivity contribution in [2.24, 2.45) is 5.92 Å². The summed E-state index contributed by atoms with van der Waals surface area (Å²) in [4.78, 5) is 26.2. The van der Waals surface area contributed by atoms with Gasteiger partial charge in [-0.15, -0.1) is 0 Å². The van der Waals surface area contributed by atoms with E-state index in [-0.39, 0.29) is 28.9 Å². The molecule has 0 saturated carbocycles. The summed E-state index contributed by atoms with van der Waals surface area (Å²) in [6.07, 6.45) is 0.132. The molecular weight excluding hydrogens is 343 g/mol. The first-order valence-electron chi connectivity index (χ1n) is 8.01. The van der Waals surface area contributed by atoms with E-state index in [1.54, 1.807) is 4.90 Å². The van der Waals surface area contributed by atoms with Crippen LogP contribution in [0.15, 0.2) is 42.5 Å². The molecule has 1 aliphatic heterocycles. The van der Waals surface area contributed by atoms with Crippen LogP contribution in [-0.2, 0) is 16.1 Å². The molecule has 1 atom stereocenters. The van der Waals surface area contributed by atoms with Crippen LogP contribution >= 0.6 is 11.6 Å². The highest BCUT2D eigenvalue weighted by atomic mass is 35.5. The van der Waals surface area contributed by atoms with Crippen LogP contribution in [0.1, 0.15) is 17.5 Å². The third kappa shape index (κ3) is 4.17. The normalized spacial score (nSPS) is 17.0. The number of anilines is 1. The van der Waals surface area contributed by atoms with Crippen molar-refractivity contribution >= 4 is 29.1 Å². The molecule has 2 aromatic carbocycles. The first-order chi connectivity index (χ1) is 11.9. The first kappa shape index (κ1) is 17.4. The summed E-state index contributed by atoms with van der Waals surface area (Å²) in [7, 11) is 0. The van der Waals surface area contributed by atoms with E-state index in [2.05, 4.69) is 5.32 Å². The van der Waals surface area contributed by atoms with E-state index in [9.17, 15) is 14.0 Å². The molecule has 0 unspecified atom stereocenters. The second-order valence-corrected chi connectivity index (χ2v) is 6.71. The lowest BCUT2D eigenvalue weighted by atomic mass is 10.1. The highest BCUT2D eigenvalue weighted by Gasteiger charge is 2.34. The minimum Gasteiger partial charge on any atom is -0.338 e. The Morgan fingerprint density at radius 2 is 2.00 bits per heavy atom. The number of carbonyl (C=O) groups excluding carboxylic acids is 2. The van der Waals surface area contributed by atoms with Crippen LogP contribution in [0, 0.1) is 18.7 Å². The Labute approximate surface area is 150 Å². The van der Waals surface area contributed by atoms with Gasteiger partial charge in [0.1, 0.15) is 5.82 Å². The third-order valence-corrected chi connectivity index (χ3v) is 4.50. The van der Waals surface area contributed by atoms with Crippen molar-refractivity contribution in [2.75, 3.05) is 11.9 Å². The number of nitrogens with zero attached hydrogens (tertiary/aromatic N) is 1. The standard InChI is InChI=1S/C19H18ClFN2O2/c1-12-2-4-13(5-3-12)10-23-11-14(8-18(23)24)19(25)22-17-7-6-15(20)9-16(17)21/h2-7,9,14H,8,10-11H2,1H3,(H,22,25)/t14-/m1/s1. The fraction of sp³-hybridized carbons (Fsp3) is 0.263. The molecular formula is C19H18ClFN2O2. The Balaban J connectivity index is 1.63. The average Bonchev–Trinajstić information content (AvgIpc) is 2.93. The second-order valence-electron chi connectivity index (χ2n) is 6.27. The van der Waals surface area contributed by atoms with Crippen LogP contribution in [0.5, 0.6) is 0 Å². The topological polar surface area (TPSA) is 49.4 Å². The molecule has 2 aromatic rings. The van der Waals surface area contributed by atoms with E-state index in [1.165, 1.54) is 12.1 Å². The highest BCUT2D eigenvalue weighted by molar-refractivity contribution is 6.30. The smallest absolute Gasteiger partial charge is 0.229 e. The monoisotopic (exact) mass is 360 g/mol. The molecule has 25 heavy (non-hydrogen) atoms. The largest absolute Gasteiger partial charge is 0.338 e. The van der Waals surface area contributed by atoms with Gasteiger partial charge in [-0.1, -0.05) is 41.4 Å². The van der Waals surface area contributed by atoms with Gasteiger partial charge >= 0.3 is 0 Å². The fourth-order valence-corrected chi connectivity index (χ4v) is 3.00. The van der Waals surface area contributed by atoms with Gasteiger partial charge < -0.3 is 10.2 Å². The molecule has 1 heterocycles. The zero-order valence-electron chi connectivity index (χ0n) is 13.8. The van der Waals surface area contributed by atoms with E-state index < -0.39 is 11.7 Å². The summed E-state index contributed by atoms with van der Waals surface area (Å²) in [5, 5.41) is 2.80. The molecule has 0 bridgehead atoms. The van der Waals surface area contributed by atoms with E-state index in [0.717, 1.165) is 17.2 Å². The van der Waals surface area contributed by atoms with Crippen molar-refractivity contribution in [2.45, 2.75) is 19.9 Å². The molecule has 1 aliphatic rings. The van der Waals surface area contributed by atoms with E-state index in [0.29, 0.717) is 13.1 Å². The SMILES string of the molecule is Cc1ccc(CN2C[C@H](C(=O)Nc3ccc(Cl)cc3F)CC2=O)cc1. The van der Waals surface area contributed by atoms with Crippen LogP contribution in [0.2, 0.25) is 5.02 Å². The highest BCUT2D eigenvalue weighted by Crippen LogP contribution is 2.24. The number of benzene rings is 2. The molecule has 0 aromatic heterocycles. The molecule has 1 saturated heterocycles. The van der Waals surface area contributed by atoms with Crippen molar-refractivity contribution in [3.05, 3.63) is 64.4 Å². The Morgan fingerprint density at radius 3 is 2.68 bits per heavy atom. The predicted molar refractivity (Wildman–Crippen MR) is 94.7 cm³/mol. The first-order valence-corrected chi connectivity index (χ1v) is 8.39. The number of hydrogen-bond donors (Lipinski definition) is 1. The molecule has 6 heteroatoms. The van der Waals surface area contributed by atoms with Gasteiger partial charge in [-0.25, -0.2) is 4.39 Å². The maximum Gasteiger partial charge on any atom is 0.229 e. The van der Waals surface area contributed by atoms with Crippen LogP contribution in [0.25, 0.3) is 0 Å². The zero-order chi connectivity index (χ0) is 18.0. The van der Waals surface area contributed by atoms with E-state index in [1.807, 2.05) is 31.2 Å². The summed E-state index contributed by atoms with van der Waals surface area (Å²) < 4.78 is 13.8. The van der Waals surface area contributed by atoms with Gasteiger partial charge in [0.15, 0.2) is 0 Å². The van der Waals surface area contributed by atoms with E-state index >= 15 is 0 Å². The van der Waals surface area contributed by atoms with Crippen molar-refractivity contribution in [3.63, 3.8) is 0 Å². The van der Waals surface area contributed by atoms with Crippen LogP contribution in [0.4, 0.5) is 10.1 Å². The van der Waals surface area contributed by atoms with Gasteiger partial charge in [0.2, 0.25) is 11.8 Å². The summed E-state index contributed by atoms with van der Waals surface area (Å²) in [5.74, 6) is -1.52. The van der Waals surface area contributed by atoms with Crippen LogP contribution < -0.4 is 5.32 Å². The summed E-state index contributed by atoms with van der Waals surface area (Å²) >= 11 is 5.70. The number of halogens is 2. The fourth-order valence-electron chi connectivity index (χ4n) is 2.84. The third-order valence-electron chi connectivity index (χ3n) is 4.27. The Bertz CT molecular complexity index is 808. The van der Waals surface area contributed by atoms with Gasteiger partial charge in [-0.05, 0) is 30.7 Å². The molecule has 1 N–H and O–H groups in total. The minimum absolute atomic E-state index is 0.0684. The number of nitrogens with one attached hydrogen (secondary N) is 1. The number of hydrogen-bond acceptors (Lipinski definition) is 2. The van der Waals surface area contributed by atoms with Crippen LogP contribution in [-0.4, -0.2) is 23.3 Å². The van der Waals surface area contributed by atoms with Gasteiger partial charge in [0.05, 0.1) is 11.6 Å².